The first kappa shape index (κ1) is 12.8. The maximum absolute atomic E-state index is 10.6. The van der Waals surface area contributed by atoms with Gasteiger partial charge in [-0.2, -0.15) is 0 Å². The summed E-state index contributed by atoms with van der Waals surface area (Å²) in [6, 6.07) is 5.60. The van der Waals surface area contributed by atoms with E-state index in [-0.39, 0.29) is 5.92 Å². The molecule has 1 unspecified atom stereocenters. The van der Waals surface area contributed by atoms with E-state index >= 15 is 0 Å². The monoisotopic (exact) mass is 241 g/mol. The molecular weight excluding hydrogens is 226 g/mol. The SMILES string of the molecule is Cc1cc(Cl)ccc1NCCC(C)C(=O)O. The van der Waals surface area contributed by atoms with E-state index in [2.05, 4.69) is 5.32 Å². The normalized spacial score (nSPS) is 12.2. The lowest BCUT2D eigenvalue weighted by atomic mass is 10.1. The number of aryl methyl sites for hydroxylation is 1. The molecule has 0 radical (unpaired) electrons. The van der Waals surface area contributed by atoms with Crippen molar-refractivity contribution in [3.05, 3.63) is 28.8 Å². The van der Waals surface area contributed by atoms with Crippen molar-refractivity contribution >= 4 is 23.3 Å². The Morgan fingerprint density at radius 3 is 2.81 bits per heavy atom. The number of halogens is 1. The number of hydrogen-bond donors (Lipinski definition) is 2. The van der Waals surface area contributed by atoms with Crippen molar-refractivity contribution in [1.82, 2.24) is 0 Å². The first-order valence-corrected chi connectivity index (χ1v) is 5.61. The van der Waals surface area contributed by atoms with Gasteiger partial charge in [0.1, 0.15) is 0 Å². The van der Waals surface area contributed by atoms with Crippen molar-refractivity contribution in [2.24, 2.45) is 5.92 Å². The van der Waals surface area contributed by atoms with Crippen LogP contribution < -0.4 is 5.32 Å². The number of rotatable bonds is 5. The van der Waals surface area contributed by atoms with Crippen LogP contribution in [-0.4, -0.2) is 17.6 Å². The quantitative estimate of drug-likeness (QED) is 0.833. The Balaban J connectivity index is 2.46. The predicted molar refractivity (Wildman–Crippen MR) is 66.1 cm³/mol. The van der Waals surface area contributed by atoms with Crippen molar-refractivity contribution in [2.45, 2.75) is 20.3 Å². The highest BCUT2D eigenvalue weighted by Crippen LogP contribution is 2.19. The summed E-state index contributed by atoms with van der Waals surface area (Å²) in [6.07, 6.45) is 0.609. The van der Waals surface area contributed by atoms with Crippen molar-refractivity contribution in [2.75, 3.05) is 11.9 Å². The number of benzene rings is 1. The summed E-state index contributed by atoms with van der Waals surface area (Å²) < 4.78 is 0. The Hall–Kier alpha value is -1.22. The number of carboxylic acids is 1. The van der Waals surface area contributed by atoms with Crippen LogP contribution in [0.5, 0.6) is 0 Å². The van der Waals surface area contributed by atoms with Crippen LogP contribution in [0.3, 0.4) is 0 Å². The van der Waals surface area contributed by atoms with Crippen molar-refractivity contribution < 1.29 is 9.90 Å². The molecule has 0 aliphatic rings. The number of carbonyl (C=O) groups is 1. The minimum Gasteiger partial charge on any atom is -0.481 e. The van der Waals surface area contributed by atoms with Gasteiger partial charge in [-0.05, 0) is 37.1 Å². The smallest absolute Gasteiger partial charge is 0.306 e. The lowest BCUT2D eigenvalue weighted by molar-refractivity contribution is -0.141. The van der Waals surface area contributed by atoms with E-state index < -0.39 is 5.97 Å². The molecular formula is C12H16ClNO2. The van der Waals surface area contributed by atoms with E-state index in [0.717, 1.165) is 11.3 Å². The highest BCUT2D eigenvalue weighted by Gasteiger charge is 2.09. The van der Waals surface area contributed by atoms with Gasteiger partial charge in [0.2, 0.25) is 0 Å². The number of aliphatic carboxylic acids is 1. The van der Waals surface area contributed by atoms with E-state index in [0.29, 0.717) is 18.0 Å². The molecule has 0 saturated carbocycles. The zero-order valence-electron chi connectivity index (χ0n) is 9.46. The summed E-state index contributed by atoms with van der Waals surface area (Å²) in [6.45, 7) is 4.32. The fourth-order valence-corrected chi connectivity index (χ4v) is 1.60. The van der Waals surface area contributed by atoms with E-state index in [1.807, 2.05) is 25.1 Å². The Labute approximate surface area is 100 Å². The van der Waals surface area contributed by atoms with E-state index in [9.17, 15) is 4.79 Å². The molecule has 0 heterocycles. The number of nitrogens with one attached hydrogen (secondary N) is 1. The number of anilines is 1. The molecule has 0 bridgehead atoms. The Kier molecular flexibility index (Phi) is 4.62. The molecule has 88 valence electrons. The van der Waals surface area contributed by atoms with Gasteiger partial charge in [0.25, 0.3) is 0 Å². The Morgan fingerprint density at radius 1 is 1.56 bits per heavy atom. The summed E-state index contributed by atoms with van der Waals surface area (Å²) in [7, 11) is 0. The van der Waals surface area contributed by atoms with E-state index in [1.165, 1.54) is 0 Å². The van der Waals surface area contributed by atoms with Crippen LogP contribution in [-0.2, 0) is 4.79 Å². The van der Waals surface area contributed by atoms with Crippen LogP contribution in [0, 0.1) is 12.8 Å². The average Bonchev–Trinajstić information content (AvgIpc) is 2.20. The molecule has 0 aliphatic heterocycles. The lowest BCUT2D eigenvalue weighted by Gasteiger charge is -2.11. The van der Waals surface area contributed by atoms with E-state index in [4.69, 9.17) is 16.7 Å². The molecule has 4 heteroatoms. The van der Waals surface area contributed by atoms with Crippen molar-refractivity contribution in [1.29, 1.82) is 0 Å². The zero-order chi connectivity index (χ0) is 12.1. The Bertz CT molecular complexity index is 379. The molecule has 0 saturated heterocycles. The fourth-order valence-electron chi connectivity index (χ4n) is 1.37. The summed E-state index contributed by atoms with van der Waals surface area (Å²) in [5.41, 5.74) is 2.07. The van der Waals surface area contributed by atoms with Gasteiger partial charge >= 0.3 is 5.97 Å². The standard InChI is InChI=1S/C12H16ClNO2/c1-8(12(15)16)5-6-14-11-4-3-10(13)7-9(11)2/h3-4,7-8,14H,5-6H2,1-2H3,(H,15,16). The van der Waals surface area contributed by atoms with Gasteiger partial charge in [0.15, 0.2) is 0 Å². The summed E-state index contributed by atoms with van der Waals surface area (Å²) in [5, 5.41) is 12.6. The third kappa shape index (κ3) is 3.74. The minimum absolute atomic E-state index is 0.319. The van der Waals surface area contributed by atoms with Gasteiger partial charge < -0.3 is 10.4 Å². The molecule has 0 amide bonds. The van der Waals surface area contributed by atoms with Crippen LogP contribution in [0.15, 0.2) is 18.2 Å². The molecule has 1 atom stereocenters. The molecule has 0 spiro atoms. The third-order valence-corrected chi connectivity index (χ3v) is 2.74. The predicted octanol–water partition coefficient (Wildman–Crippen LogP) is 3.17. The van der Waals surface area contributed by atoms with E-state index in [1.54, 1.807) is 6.92 Å². The molecule has 2 N–H and O–H groups in total. The first-order chi connectivity index (χ1) is 7.50. The molecule has 3 nitrogen and oxygen atoms in total. The third-order valence-electron chi connectivity index (χ3n) is 2.50. The first-order valence-electron chi connectivity index (χ1n) is 5.23. The van der Waals surface area contributed by atoms with Gasteiger partial charge in [-0.15, -0.1) is 0 Å². The molecule has 16 heavy (non-hydrogen) atoms. The van der Waals surface area contributed by atoms with Crippen LogP contribution in [0.25, 0.3) is 0 Å². The van der Waals surface area contributed by atoms with Gasteiger partial charge in [0, 0.05) is 17.3 Å². The van der Waals surface area contributed by atoms with Crippen LogP contribution in [0.2, 0.25) is 5.02 Å². The fraction of sp³-hybridized carbons (Fsp3) is 0.417. The summed E-state index contributed by atoms with van der Waals surface area (Å²) in [5.74, 6) is -1.07. The van der Waals surface area contributed by atoms with Crippen LogP contribution in [0.1, 0.15) is 18.9 Å². The van der Waals surface area contributed by atoms with Gasteiger partial charge in [-0.1, -0.05) is 18.5 Å². The van der Waals surface area contributed by atoms with Crippen LogP contribution >= 0.6 is 11.6 Å². The number of hydrogen-bond acceptors (Lipinski definition) is 2. The summed E-state index contributed by atoms with van der Waals surface area (Å²) in [4.78, 5) is 10.6. The maximum Gasteiger partial charge on any atom is 0.306 e. The highest BCUT2D eigenvalue weighted by atomic mass is 35.5. The molecule has 1 aromatic carbocycles. The second-order valence-corrected chi connectivity index (χ2v) is 4.35. The largest absolute Gasteiger partial charge is 0.481 e. The summed E-state index contributed by atoms with van der Waals surface area (Å²) >= 11 is 5.84. The molecule has 1 aromatic rings. The van der Waals surface area contributed by atoms with Gasteiger partial charge in [-0.3, -0.25) is 4.79 Å². The molecule has 0 aliphatic carbocycles. The second-order valence-electron chi connectivity index (χ2n) is 3.91. The van der Waals surface area contributed by atoms with Crippen LogP contribution in [0.4, 0.5) is 5.69 Å². The van der Waals surface area contributed by atoms with Gasteiger partial charge in [0.05, 0.1) is 5.92 Å². The highest BCUT2D eigenvalue weighted by molar-refractivity contribution is 6.30. The maximum atomic E-state index is 10.6. The number of carboxylic acid groups (broad SMARTS) is 1. The average molecular weight is 242 g/mol. The molecule has 0 fully saturated rings. The van der Waals surface area contributed by atoms with Crippen molar-refractivity contribution in [3.63, 3.8) is 0 Å². The molecule has 0 aromatic heterocycles. The second kappa shape index (κ2) is 5.75. The topological polar surface area (TPSA) is 49.3 Å². The lowest BCUT2D eigenvalue weighted by Crippen LogP contribution is -2.14. The van der Waals surface area contributed by atoms with Gasteiger partial charge in [-0.25, -0.2) is 0 Å². The Morgan fingerprint density at radius 2 is 2.25 bits per heavy atom. The zero-order valence-corrected chi connectivity index (χ0v) is 10.2. The minimum atomic E-state index is -0.755. The van der Waals surface area contributed by atoms with Crippen molar-refractivity contribution in [3.8, 4) is 0 Å². The molecule has 1 rings (SSSR count).